The molecule has 0 heterocycles. The van der Waals surface area contributed by atoms with Crippen LogP contribution in [-0.4, -0.2) is 28.5 Å². The third-order valence-corrected chi connectivity index (χ3v) is 5.73. The lowest BCUT2D eigenvalue weighted by atomic mass is 10.2. The van der Waals surface area contributed by atoms with E-state index in [0.717, 1.165) is 5.56 Å². The van der Waals surface area contributed by atoms with Crippen molar-refractivity contribution in [2.45, 2.75) is 16.7 Å². The summed E-state index contributed by atoms with van der Waals surface area (Å²) in [7, 11) is -7.58. The molecule has 0 bridgehead atoms. The van der Waals surface area contributed by atoms with Gasteiger partial charge in [0.05, 0.1) is 9.79 Å². The summed E-state index contributed by atoms with van der Waals surface area (Å²) < 4.78 is 46.6. The average Bonchev–Trinajstić information content (AvgIpc) is 2.46. The molecule has 2 rings (SSSR count). The highest BCUT2D eigenvalue weighted by atomic mass is 32.2. The first-order chi connectivity index (χ1) is 11.1. The van der Waals surface area contributed by atoms with Gasteiger partial charge in [0, 0.05) is 5.69 Å². The number of primary sulfonamides is 1. The van der Waals surface area contributed by atoms with E-state index in [2.05, 4.69) is 5.32 Å². The van der Waals surface area contributed by atoms with E-state index in [0.29, 0.717) is 0 Å². The van der Waals surface area contributed by atoms with Gasteiger partial charge in [-0.15, -0.1) is 0 Å². The number of amides is 1. The zero-order valence-corrected chi connectivity index (χ0v) is 14.4. The monoisotopic (exact) mass is 368 g/mol. The van der Waals surface area contributed by atoms with Gasteiger partial charge in [-0.05, 0) is 43.3 Å². The molecule has 0 aliphatic rings. The van der Waals surface area contributed by atoms with Crippen LogP contribution in [0.3, 0.4) is 0 Å². The third kappa shape index (κ3) is 4.63. The number of anilines is 1. The van der Waals surface area contributed by atoms with Crippen molar-refractivity contribution in [3.05, 3.63) is 54.1 Å². The second kappa shape index (κ2) is 6.71. The molecule has 0 unspecified atom stereocenters. The second-order valence-electron chi connectivity index (χ2n) is 5.19. The van der Waals surface area contributed by atoms with E-state index in [1.165, 1.54) is 36.4 Å². The number of rotatable bonds is 5. The van der Waals surface area contributed by atoms with Crippen molar-refractivity contribution in [2.24, 2.45) is 5.14 Å². The lowest BCUT2D eigenvalue weighted by Gasteiger charge is -2.07. The molecule has 0 aromatic heterocycles. The number of hydrogen-bond donors (Lipinski definition) is 2. The molecular weight excluding hydrogens is 352 g/mol. The molecule has 7 nitrogen and oxygen atoms in total. The van der Waals surface area contributed by atoms with Crippen molar-refractivity contribution in [2.75, 3.05) is 11.1 Å². The minimum absolute atomic E-state index is 0.0628. The van der Waals surface area contributed by atoms with E-state index >= 15 is 0 Å². The van der Waals surface area contributed by atoms with Gasteiger partial charge in [0.2, 0.25) is 15.9 Å². The third-order valence-electron chi connectivity index (χ3n) is 3.17. The predicted molar refractivity (Wildman–Crippen MR) is 89.7 cm³/mol. The number of nitrogens with two attached hydrogens (primary N) is 1. The zero-order chi connectivity index (χ0) is 18.0. The summed E-state index contributed by atoms with van der Waals surface area (Å²) in [5.74, 6) is -1.44. The van der Waals surface area contributed by atoms with E-state index < -0.39 is 31.5 Å². The van der Waals surface area contributed by atoms with Gasteiger partial charge < -0.3 is 5.32 Å². The fourth-order valence-corrected chi connectivity index (χ4v) is 3.58. The number of benzene rings is 2. The summed E-state index contributed by atoms with van der Waals surface area (Å²) in [4.78, 5) is 11.9. The fraction of sp³-hybridized carbons (Fsp3) is 0.133. The standard InChI is InChI=1S/C15H16N2O5S2/c1-11-2-6-13(7-3-11)23(19,20)10-15(18)17-12-4-8-14(9-5-12)24(16,21)22/h2-9H,10H2,1H3,(H,17,18)(H2,16,21,22). The van der Waals surface area contributed by atoms with Crippen LogP contribution in [0.15, 0.2) is 58.3 Å². The maximum Gasteiger partial charge on any atom is 0.239 e. The van der Waals surface area contributed by atoms with E-state index in [1.54, 1.807) is 12.1 Å². The Bertz CT molecular complexity index is 948. The largest absolute Gasteiger partial charge is 0.325 e. The number of hydrogen-bond acceptors (Lipinski definition) is 5. The van der Waals surface area contributed by atoms with E-state index in [-0.39, 0.29) is 15.5 Å². The molecule has 3 N–H and O–H groups in total. The number of sulfone groups is 1. The molecule has 2 aromatic rings. The molecule has 0 aliphatic heterocycles. The van der Waals surface area contributed by atoms with Crippen molar-refractivity contribution in [1.29, 1.82) is 0 Å². The smallest absolute Gasteiger partial charge is 0.239 e. The van der Waals surface area contributed by atoms with Gasteiger partial charge in [-0.2, -0.15) is 0 Å². The van der Waals surface area contributed by atoms with E-state index in [4.69, 9.17) is 5.14 Å². The van der Waals surface area contributed by atoms with Crippen LogP contribution in [0.4, 0.5) is 5.69 Å². The molecule has 24 heavy (non-hydrogen) atoms. The van der Waals surface area contributed by atoms with Crippen molar-refractivity contribution in [1.82, 2.24) is 0 Å². The number of aryl methyl sites for hydroxylation is 1. The molecule has 128 valence electrons. The van der Waals surface area contributed by atoms with E-state index in [1.807, 2.05) is 6.92 Å². The summed E-state index contributed by atoms with van der Waals surface area (Å²) in [5, 5.41) is 7.38. The minimum Gasteiger partial charge on any atom is -0.325 e. The summed E-state index contributed by atoms with van der Waals surface area (Å²) in [6.07, 6.45) is 0. The number of carbonyl (C=O) groups excluding carboxylic acids is 1. The van der Waals surface area contributed by atoms with Crippen LogP contribution >= 0.6 is 0 Å². The van der Waals surface area contributed by atoms with Gasteiger partial charge in [-0.3, -0.25) is 4.79 Å². The molecule has 0 saturated heterocycles. The molecule has 0 atom stereocenters. The fourth-order valence-electron chi connectivity index (χ4n) is 1.93. The SMILES string of the molecule is Cc1ccc(S(=O)(=O)CC(=O)Nc2ccc(S(N)(=O)=O)cc2)cc1. The Hall–Kier alpha value is -2.23. The van der Waals surface area contributed by atoms with Gasteiger partial charge in [0.15, 0.2) is 9.84 Å². The molecule has 0 spiro atoms. The highest BCUT2D eigenvalue weighted by molar-refractivity contribution is 7.92. The predicted octanol–water partition coefficient (Wildman–Crippen LogP) is 1.05. The van der Waals surface area contributed by atoms with Gasteiger partial charge in [0.25, 0.3) is 0 Å². The van der Waals surface area contributed by atoms with Gasteiger partial charge in [-0.1, -0.05) is 17.7 Å². The van der Waals surface area contributed by atoms with Crippen LogP contribution < -0.4 is 10.5 Å². The molecular formula is C15H16N2O5S2. The highest BCUT2D eigenvalue weighted by Crippen LogP contribution is 2.15. The molecule has 0 radical (unpaired) electrons. The van der Waals surface area contributed by atoms with Crippen LogP contribution in [0.2, 0.25) is 0 Å². The maximum absolute atomic E-state index is 12.2. The Balaban J connectivity index is 2.09. The lowest BCUT2D eigenvalue weighted by molar-refractivity contribution is -0.113. The van der Waals surface area contributed by atoms with Crippen LogP contribution in [0.1, 0.15) is 5.56 Å². The molecule has 9 heteroatoms. The number of nitrogens with one attached hydrogen (secondary N) is 1. The van der Waals surface area contributed by atoms with E-state index in [9.17, 15) is 21.6 Å². The zero-order valence-electron chi connectivity index (χ0n) is 12.8. The Morgan fingerprint density at radius 3 is 1.92 bits per heavy atom. The van der Waals surface area contributed by atoms with Gasteiger partial charge in [-0.25, -0.2) is 22.0 Å². The lowest BCUT2D eigenvalue weighted by Crippen LogP contribution is -2.23. The molecule has 1 amide bonds. The normalized spacial score (nSPS) is 11.9. The Morgan fingerprint density at radius 1 is 0.917 bits per heavy atom. The minimum atomic E-state index is -3.83. The Morgan fingerprint density at radius 2 is 1.42 bits per heavy atom. The topological polar surface area (TPSA) is 123 Å². The summed E-state index contributed by atoms with van der Waals surface area (Å²) in [6, 6.07) is 11.3. The second-order valence-corrected chi connectivity index (χ2v) is 8.74. The first kappa shape index (κ1) is 18.1. The Labute approximate surface area is 140 Å². The van der Waals surface area contributed by atoms with Crippen LogP contribution in [0, 0.1) is 6.92 Å². The van der Waals surface area contributed by atoms with Crippen molar-refractivity contribution in [3.63, 3.8) is 0 Å². The summed E-state index contributed by atoms with van der Waals surface area (Å²) >= 11 is 0. The van der Waals surface area contributed by atoms with Crippen molar-refractivity contribution in [3.8, 4) is 0 Å². The van der Waals surface area contributed by atoms with Crippen LogP contribution in [-0.2, 0) is 24.7 Å². The number of carbonyl (C=O) groups is 1. The average molecular weight is 368 g/mol. The first-order valence-electron chi connectivity index (χ1n) is 6.80. The van der Waals surface area contributed by atoms with Crippen molar-refractivity contribution >= 4 is 31.5 Å². The molecule has 2 aromatic carbocycles. The summed E-state index contributed by atoms with van der Waals surface area (Å²) in [6.45, 7) is 1.83. The number of sulfonamides is 1. The highest BCUT2D eigenvalue weighted by Gasteiger charge is 2.19. The van der Waals surface area contributed by atoms with Crippen molar-refractivity contribution < 1.29 is 21.6 Å². The van der Waals surface area contributed by atoms with Crippen LogP contribution in [0.25, 0.3) is 0 Å². The van der Waals surface area contributed by atoms with Crippen LogP contribution in [0.5, 0.6) is 0 Å². The van der Waals surface area contributed by atoms with Gasteiger partial charge in [0.1, 0.15) is 5.75 Å². The molecule has 0 fully saturated rings. The molecule has 0 saturated carbocycles. The quantitative estimate of drug-likeness (QED) is 0.816. The Kier molecular flexibility index (Phi) is 5.07. The van der Waals surface area contributed by atoms with Gasteiger partial charge >= 0.3 is 0 Å². The molecule has 0 aliphatic carbocycles. The maximum atomic E-state index is 12.2. The summed E-state index contributed by atoms with van der Waals surface area (Å²) in [5.41, 5.74) is 1.18. The first-order valence-corrected chi connectivity index (χ1v) is 10.00.